The second-order valence-electron chi connectivity index (χ2n) is 4.69. The van der Waals surface area contributed by atoms with E-state index in [1.807, 2.05) is 54.6 Å². The van der Waals surface area contributed by atoms with E-state index in [9.17, 15) is 9.90 Å². The fourth-order valence-corrected chi connectivity index (χ4v) is 1.85. The van der Waals surface area contributed by atoms with E-state index in [4.69, 9.17) is 9.47 Å². The zero-order valence-corrected chi connectivity index (χ0v) is 12.1. The monoisotopic (exact) mass is 298 g/mol. The number of aliphatic hydroxyl groups is 1. The third-order valence-corrected chi connectivity index (χ3v) is 2.99. The smallest absolute Gasteiger partial charge is 0.330 e. The van der Waals surface area contributed by atoms with E-state index < -0.39 is 12.1 Å². The van der Waals surface area contributed by atoms with Crippen molar-refractivity contribution in [2.75, 3.05) is 13.2 Å². The summed E-state index contributed by atoms with van der Waals surface area (Å²) in [7, 11) is 0. The van der Waals surface area contributed by atoms with Crippen molar-refractivity contribution in [3.05, 3.63) is 67.3 Å². The molecule has 0 bridgehead atoms. The van der Waals surface area contributed by atoms with Gasteiger partial charge in [0.05, 0.1) is 0 Å². The summed E-state index contributed by atoms with van der Waals surface area (Å²) in [6, 6.07) is 17.6. The molecule has 0 heterocycles. The zero-order chi connectivity index (χ0) is 15.8. The molecule has 1 N–H and O–H groups in total. The van der Waals surface area contributed by atoms with Crippen LogP contribution in [0, 0.1) is 0 Å². The van der Waals surface area contributed by atoms with Gasteiger partial charge in [0.15, 0.2) is 0 Å². The number of hydrogen-bond donors (Lipinski definition) is 1. The summed E-state index contributed by atoms with van der Waals surface area (Å²) in [5.41, 5.74) is 2.22. The van der Waals surface area contributed by atoms with Crippen LogP contribution in [0.4, 0.5) is 0 Å². The summed E-state index contributed by atoms with van der Waals surface area (Å²) in [4.78, 5) is 10.9. The predicted octanol–water partition coefficient (Wildman–Crippen LogP) is 2.82. The molecule has 0 radical (unpaired) electrons. The van der Waals surface area contributed by atoms with Crippen LogP contribution >= 0.6 is 0 Å². The van der Waals surface area contributed by atoms with E-state index in [0.717, 1.165) is 17.2 Å². The average molecular weight is 298 g/mol. The zero-order valence-electron chi connectivity index (χ0n) is 12.1. The highest BCUT2D eigenvalue weighted by Gasteiger charge is 2.08. The third-order valence-electron chi connectivity index (χ3n) is 2.99. The Bertz CT molecular complexity index is 605. The maximum Gasteiger partial charge on any atom is 0.330 e. The van der Waals surface area contributed by atoms with Gasteiger partial charge in [-0.25, -0.2) is 4.79 Å². The van der Waals surface area contributed by atoms with Crippen molar-refractivity contribution >= 4 is 5.97 Å². The summed E-state index contributed by atoms with van der Waals surface area (Å²) in [6.07, 6.45) is 0.174. The minimum Gasteiger partial charge on any atom is -0.491 e. The highest BCUT2D eigenvalue weighted by molar-refractivity contribution is 5.81. The van der Waals surface area contributed by atoms with Gasteiger partial charge in [-0.1, -0.05) is 49.0 Å². The molecule has 0 saturated heterocycles. The summed E-state index contributed by atoms with van der Waals surface area (Å²) >= 11 is 0. The van der Waals surface area contributed by atoms with E-state index in [-0.39, 0.29) is 13.2 Å². The number of carbonyl (C=O) groups excluding carboxylic acids is 1. The van der Waals surface area contributed by atoms with Gasteiger partial charge in [-0.05, 0) is 23.3 Å². The van der Waals surface area contributed by atoms with Crippen LogP contribution in [0.2, 0.25) is 0 Å². The lowest BCUT2D eigenvalue weighted by atomic mass is 10.1. The lowest BCUT2D eigenvalue weighted by Crippen LogP contribution is -2.24. The Kier molecular flexibility index (Phi) is 5.74. The topological polar surface area (TPSA) is 55.8 Å². The maximum atomic E-state index is 10.9. The number of benzene rings is 2. The largest absolute Gasteiger partial charge is 0.491 e. The molecule has 1 unspecified atom stereocenters. The van der Waals surface area contributed by atoms with E-state index in [2.05, 4.69) is 6.58 Å². The van der Waals surface area contributed by atoms with Crippen molar-refractivity contribution < 1.29 is 19.4 Å². The maximum absolute atomic E-state index is 10.9. The van der Waals surface area contributed by atoms with Crippen LogP contribution in [0.1, 0.15) is 0 Å². The van der Waals surface area contributed by atoms with Crippen molar-refractivity contribution in [2.24, 2.45) is 0 Å². The van der Waals surface area contributed by atoms with E-state index >= 15 is 0 Å². The van der Waals surface area contributed by atoms with Gasteiger partial charge in [0, 0.05) is 6.08 Å². The predicted molar refractivity (Wildman–Crippen MR) is 84.5 cm³/mol. The number of rotatable bonds is 7. The molecule has 2 aromatic carbocycles. The molecule has 4 heteroatoms. The van der Waals surface area contributed by atoms with Crippen LogP contribution in [0.5, 0.6) is 5.75 Å². The number of aliphatic hydroxyl groups excluding tert-OH is 1. The van der Waals surface area contributed by atoms with Gasteiger partial charge in [0.1, 0.15) is 25.1 Å². The van der Waals surface area contributed by atoms with E-state index in [1.54, 1.807) is 0 Å². The molecular weight excluding hydrogens is 280 g/mol. The Morgan fingerprint density at radius 2 is 1.68 bits per heavy atom. The molecule has 1 atom stereocenters. The van der Waals surface area contributed by atoms with Crippen LogP contribution in [0.25, 0.3) is 11.1 Å². The SMILES string of the molecule is C=CC(=O)OCC(O)COc1ccc(-c2ccccc2)cc1. The first-order chi connectivity index (χ1) is 10.7. The van der Waals surface area contributed by atoms with Crippen LogP contribution in [0.15, 0.2) is 67.3 Å². The molecule has 0 aliphatic heterocycles. The Labute approximate surface area is 129 Å². The van der Waals surface area contributed by atoms with Crippen molar-refractivity contribution in [3.8, 4) is 16.9 Å². The molecule has 22 heavy (non-hydrogen) atoms. The van der Waals surface area contributed by atoms with E-state index in [0.29, 0.717) is 5.75 Å². The van der Waals surface area contributed by atoms with E-state index in [1.165, 1.54) is 0 Å². The fourth-order valence-electron chi connectivity index (χ4n) is 1.85. The van der Waals surface area contributed by atoms with Crippen LogP contribution < -0.4 is 4.74 Å². The van der Waals surface area contributed by atoms with Crippen LogP contribution in [-0.4, -0.2) is 30.4 Å². The molecule has 0 aromatic heterocycles. The number of ether oxygens (including phenoxy) is 2. The van der Waals surface area contributed by atoms with Gasteiger partial charge < -0.3 is 14.6 Å². The summed E-state index contributed by atoms with van der Waals surface area (Å²) in [5, 5.41) is 9.65. The van der Waals surface area contributed by atoms with Crippen molar-refractivity contribution in [3.63, 3.8) is 0 Å². The molecule has 0 aliphatic carbocycles. The number of carbonyl (C=O) groups is 1. The quantitative estimate of drug-likeness (QED) is 0.631. The first-order valence-corrected chi connectivity index (χ1v) is 6.94. The first-order valence-electron chi connectivity index (χ1n) is 6.94. The lowest BCUT2D eigenvalue weighted by molar-refractivity contribution is -0.141. The molecule has 4 nitrogen and oxygen atoms in total. The Morgan fingerprint density at radius 1 is 1.05 bits per heavy atom. The van der Waals surface area contributed by atoms with Gasteiger partial charge in [-0.3, -0.25) is 0 Å². The Balaban J connectivity index is 1.84. The third kappa shape index (κ3) is 4.75. The molecule has 2 rings (SSSR count). The van der Waals surface area contributed by atoms with Crippen LogP contribution in [-0.2, 0) is 9.53 Å². The average Bonchev–Trinajstić information content (AvgIpc) is 2.59. The minimum absolute atomic E-state index is 0.0507. The molecule has 2 aromatic rings. The van der Waals surface area contributed by atoms with Crippen molar-refractivity contribution in [1.29, 1.82) is 0 Å². The molecule has 0 fully saturated rings. The molecule has 0 spiro atoms. The standard InChI is InChI=1S/C18H18O4/c1-2-18(20)22-13-16(19)12-21-17-10-8-15(9-11-17)14-6-4-3-5-7-14/h2-11,16,19H,1,12-13H2. The van der Waals surface area contributed by atoms with Gasteiger partial charge in [0.2, 0.25) is 0 Å². The summed E-state index contributed by atoms with van der Waals surface area (Å²) in [5.74, 6) is 0.0834. The molecular formula is C18H18O4. The second kappa shape index (κ2) is 8.00. The number of esters is 1. The normalized spacial score (nSPS) is 11.5. The molecule has 114 valence electrons. The molecule has 0 saturated carbocycles. The summed E-state index contributed by atoms with van der Waals surface area (Å²) in [6.45, 7) is 3.21. The highest BCUT2D eigenvalue weighted by Crippen LogP contribution is 2.22. The van der Waals surface area contributed by atoms with Crippen molar-refractivity contribution in [2.45, 2.75) is 6.10 Å². The van der Waals surface area contributed by atoms with Crippen molar-refractivity contribution in [1.82, 2.24) is 0 Å². The lowest BCUT2D eigenvalue weighted by Gasteiger charge is -2.12. The van der Waals surface area contributed by atoms with Gasteiger partial charge in [-0.2, -0.15) is 0 Å². The summed E-state index contributed by atoms with van der Waals surface area (Å²) < 4.78 is 10.2. The first kappa shape index (κ1) is 15.8. The fraction of sp³-hybridized carbons (Fsp3) is 0.167. The number of hydrogen-bond acceptors (Lipinski definition) is 4. The molecule has 0 amide bonds. The Morgan fingerprint density at radius 3 is 2.32 bits per heavy atom. The van der Waals surface area contributed by atoms with Gasteiger partial charge >= 0.3 is 5.97 Å². The minimum atomic E-state index is -0.877. The highest BCUT2D eigenvalue weighted by atomic mass is 16.5. The van der Waals surface area contributed by atoms with Gasteiger partial charge in [0.25, 0.3) is 0 Å². The Hall–Kier alpha value is -2.59. The molecule has 0 aliphatic rings. The van der Waals surface area contributed by atoms with Gasteiger partial charge in [-0.15, -0.1) is 0 Å². The van der Waals surface area contributed by atoms with Crippen LogP contribution in [0.3, 0.4) is 0 Å². The second-order valence-corrected chi connectivity index (χ2v) is 4.69.